The largest absolute Gasteiger partial charge is 0.306 e. The molecule has 0 aromatic rings. The van der Waals surface area contributed by atoms with Gasteiger partial charge < -0.3 is 4.90 Å². The molecular weight excluding hydrogens is 146 g/mol. The van der Waals surface area contributed by atoms with Crippen molar-refractivity contribution < 1.29 is 0 Å². The maximum absolute atomic E-state index is 3.88. The first-order valence-corrected chi connectivity index (χ1v) is 4.69. The van der Waals surface area contributed by atoms with Crippen LogP contribution in [0, 0.1) is 0 Å². The van der Waals surface area contributed by atoms with E-state index >= 15 is 0 Å². The van der Waals surface area contributed by atoms with Crippen LogP contribution in [-0.4, -0.2) is 25.0 Å². The summed E-state index contributed by atoms with van der Waals surface area (Å²) in [5.74, 6) is 0. The number of hydrogen-bond donors (Lipinski definition) is 0. The lowest BCUT2D eigenvalue weighted by molar-refractivity contribution is 0.330. The van der Waals surface area contributed by atoms with Crippen molar-refractivity contribution in [2.45, 2.75) is 26.2 Å². The normalized spacial score (nSPS) is 10.2. The van der Waals surface area contributed by atoms with Crippen LogP contribution in [0.1, 0.15) is 26.2 Å². The molecule has 0 saturated carbocycles. The molecule has 0 aliphatic rings. The minimum atomic E-state index is 1.08. The van der Waals surface area contributed by atoms with Crippen molar-refractivity contribution in [2.75, 3.05) is 20.1 Å². The van der Waals surface area contributed by atoms with Gasteiger partial charge in [0, 0.05) is 0 Å². The van der Waals surface area contributed by atoms with Crippen LogP contribution in [0.25, 0.3) is 0 Å². The lowest BCUT2D eigenvalue weighted by atomic mass is 10.1. The molecule has 0 unspecified atom stereocenters. The number of hydrogen-bond acceptors (Lipinski definition) is 1. The highest BCUT2D eigenvalue weighted by molar-refractivity contribution is 5.10. The van der Waals surface area contributed by atoms with Gasteiger partial charge in [0.2, 0.25) is 0 Å². The summed E-state index contributed by atoms with van der Waals surface area (Å²) in [6, 6.07) is 0. The maximum atomic E-state index is 3.88. The number of nitrogens with zero attached hydrogens (tertiary/aromatic N) is 1. The van der Waals surface area contributed by atoms with E-state index in [1.54, 1.807) is 0 Å². The first kappa shape index (κ1) is 11.4. The molecule has 0 heterocycles. The van der Waals surface area contributed by atoms with Gasteiger partial charge in [0.15, 0.2) is 0 Å². The zero-order valence-corrected chi connectivity index (χ0v) is 8.47. The Morgan fingerprint density at radius 1 is 1.42 bits per heavy atom. The summed E-state index contributed by atoms with van der Waals surface area (Å²) >= 11 is 0. The van der Waals surface area contributed by atoms with Crippen LogP contribution in [0.3, 0.4) is 0 Å². The molecule has 1 nitrogen and oxygen atoms in total. The van der Waals surface area contributed by atoms with E-state index in [0.717, 1.165) is 12.0 Å². The van der Waals surface area contributed by atoms with Crippen LogP contribution in [0.2, 0.25) is 0 Å². The van der Waals surface area contributed by atoms with Gasteiger partial charge in [0.05, 0.1) is 0 Å². The van der Waals surface area contributed by atoms with E-state index in [2.05, 4.69) is 32.0 Å². The predicted molar refractivity (Wildman–Crippen MR) is 56.4 cm³/mol. The zero-order valence-electron chi connectivity index (χ0n) is 8.47. The first-order chi connectivity index (χ1) is 5.70. The van der Waals surface area contributed by atoms with Crippen LogP contribution >= 0.6 is 0 Å². The van der Waals surface area contributed by atoms with Crippen LogP contribution < -0.4 is 0 Å². The van der Waals surface area contributed by atoms with Crippen LogP contribution in [0.5, 0.6) is 0 Å². The van der Waals surface area contributed by atoms with E-state index in [1.807, 2.05) is 6.08 Å². The molecule has 0 bridgehead atoms. The van der Waals surface area contributed by atoms with Crippen molar-refractivity contribution in [3.05, 3.63) is 24.8 Å². The highest BCUT2D eigenvalue weighted by Gasteiger charge is 1.95. The Hall–Kier alpha value is -0.560. The third-order valence-electron chi connectivity index (χ3n) is 1.93. The smallest absolute Gasteiger partial charge is 0.00186 e. The van der Waals surface area contributed by atoms with Crippen molar-refractivity contribution in [1.29, 1.82) is 0 Å². The molecule has 0 rings (SSSR count). The first-order valence-electron chi connectivity index (χ1n) is 4.69. The summed E-state index contributed by atoms with van der Waals surface area (Å²) in [5, 5.41) is 0. The Morgan fingerprint density at radius 3 is 2.58 bits per heavy atom. The van der Waals surface area contributed by atoms with Crippen molar-refractivity contribution in [2.24, 2.45) is 0 Å². The Kier molecular flexibility index (Phi) is 6.78. The van der Waals surface area contributed by atoms with Gasteiger partial charge in [-0.3, -0.25) is 0 Å². The lowest BCUT2D eigenvalue weighted by Crippen LogP contribution is -2.20. The zero-order chi connectivity index (χ0) is 9.40. The Labute approximate surface area is 76.8 Å². The second-order valence-corrected chi connectivity index (χ2v) is 3.27. The quantitative estimate of drug-likeness (QED) is 0.527. The molecule has 12 heavy (non-hydrogen) atoms. The van der Waals surface area contributed by atoms with Gasteiger partial charge in [0.25, 0.3) is 0 Å². The van der Waals surface area contributed by atoms with Crippen molar-refractivity contribution >= 4 is 0 Å². The van der Waals surface area contributed by atoms with Crippen LogP contribution in [0.4, 0.5) is 0 Å². The molecule has 0 radical (unpaired) electrons. The highest BCUT2D eigenvalue weighted by Crippen LogP contribution is 2.03. The van der Waals surface area contributed by atoms with Gasteiger partial charge >= 0.3 is 0 Å². The molecule has 0 spiro atoms. The Morgan fingerprint density at radius 2 is 2.08 bits per heavy atom. The van der Waals surface area contributed by atoms with Gasteiger partial charge in [-0.05, 0) is 39.4 Å². The van der Waals surface area contributed by atoms with Crippen molar-refractivity contribution in [3.63, 3.8) is 0 Å². The van der Waals surface area contributed by atoms with E-state index in [4.69, 9.17) is 0 Å². The van der Waals surface area contributed by atoms with E-state index in [-0.39, 0.29) is 0 Å². The summed E-state index contributed by atoms with van der Waals surface area (Å²) in [6.07, 6.45) is 5.36. The molecule has 0 fully saturated rings. The molecule has 0 aromatic carbocycles. The molecule has 70 valence electrons. The number of allylic oxidation sites excluding steroid dienone is 2. The molecule has 1 heteroatoms. The van der Waals surface area contributed by atoms with Gasteiger partial charge in [-0.15, -0.1) is 0 Å². The SMILES string of the molecule is C=CC(=C)CCCN(C)CCC. The topological polar surface area (TPSA) is 3.24 Å². The molecule has 0 saturated heterocycles. The summed E-state index contributed by atoms with van der Waals surface area (Å²) in [5.41, 5.74) is 1.15. The predicted octanol–water partition coefficient (Wildman–Crippen LogP) is 2.85. The molecule has 0 aliphatic carbocycles. The van der Waals surface area contributed by atoms with Crippen molar-refractivity contribution in [1.82, 2.24) is 4.90 Å². The fourth-order valence-corrected chi connectivity index (χ4v) is 1.17. The molecule has 0 aliphatic heterocycles. The molecule has 0 atom stereocenters. The molecule has 0 aromatic heterocycles. The lowest BCUT2D eigenvalue weighted by Gasteiger charge is -2.14. The van der Waals surface area contributed by atoms with Gasteiger partial charge in [-0.25, -0.2) is 0 Å². The summed E-state index contributed by atoms with van der Waals surface area (Å²) < 4.78 is 0. The minimum absolute atomic E-state index is 1.08. The fourth-order valence-electron chi connectivity index (χ4n) is 1.17. The standard InChI is InChI=1S/C11H21N/c1-5-9-12(4)10-7-8-11(3)6-2/h6H,2-3,5,7-10H2,1,4H3. The third kappa shape index (κ3) is 6.17. The average Bonchev–Trinajstić information content (AvgIpc) is 2.04. The van der Waals surface area contributed by atoms with Gasteiger partial charge in [0.1, 0.15) is 0 Å². The Bertz CT molecular complexity index is 138. The van der Waals surface area contributed by atoms with E-state index in [1.165, 1.54) is 25.9 Å². The molecule has 0 amide bonds. The third-order valence-corrected chi connectivity index (χ3v) is 1.93. The summed E-state index contributed by atoms with van der Waals surface area (Å²) in [7, 11) is 2.17. The fraction of sp³-hybridized carbons (Fsp3) is 0.636. The highest BCUT2D eigenvalue weighted by atomic mass is 15.1. The summed E-state index contributed by atoms with van der Waals surface area (Å²) in [6.45, 7) is 12.1. The maximum Gasteiger partial charge on any atom is -0.00186 e. The monoisotopic (exact) mass is 167 g/mol. The second kappa shape index (κ2) is 7.11. The molecule has 0 N–H and O–H groups in total. The summed E-state index contributed by atoms with van der Waals surface area (Å²) in [4.78, 5) is 2.36. The van der Waals surface area contributed by atoms with E-state index in [9.17, 15) is 0 Å². The average molecular weight is 167 g/mol. The number of rotatable bonds is 7. The van der Waals surface area contributed by atoms with Gasteiger partial charge in [-0.2, -0.15) is 0 Å². The van der Waals surface area contributed by atoms with Crippen LogP contribution in [0.15, 0.2) is 24.8 Å². The van der Waals surface area contributed by atoms with Crippen molar-refractivity contribution in [3.8, 4) is 0 Å². The second-order valence-electron chi connectivity index (χ2n) is 3.27. The van der Waals surface area contributed by atoms with E-state index in [0.29, 0.717) is 0 Å². The Balaban J connectivity index is 3.30. The van der Waals surface area contributed by atoms with Crippen LogP contribution in [-0.2, 0) is 0 Å². The van der Waals surface area contributed by atoms with E-state index < -0.39 is 0 Å². The minimum Gasteiger partial charge on any atom is -0.306 e. The molecular formula is C11H21N. The van der Waals surface area contributed by atoms with Gasteiger partial charge in [-0.1, -0.05) is 31.7 Å².